The van der Waals surface area contributed by atoms with E-state index in [2.05, 4.69) is 10.3 Å². The van der Waals surface area contributed by atoms with Crippen LogP contribution >= 0.6 is 23.7 Å². The van der Waals surface area contributed by atoms with Crippen molar-refractivity contribution in [2.45, 2.75) is 51.1 Å². The van der Waals surface area contributed by atoms with Crippen LogP contribution in [0.15, 0.2) is 6.20 Å². The Balaban J connectivity index is 0.00000220. The van der Waals surface area contributed by atoms with Gasteiger partial charge in [0.2, 0.25) is 0 Å². The van der Waals surface area contributed by atoms with E-state index in [1.807, 2.05) is 0 Å². The second-order valence-corrected chi connectivity index (χ2v) is 6.42. The Kier molecular flexibility index (Phi) is 8.00. The molecule has 21 heavy (non-hydrogen) atoms. The highest BCUT2D eigenvalue weighted by molar-refractivity contribution is 7.15. The third-order valence-electron chi connectivity index (χ3n) is 3.88. The van der Waals surface area contributed by atoms with Gasteiger partial charge in [-0.3, -0.25) is 4.79 Å². The molecule has 1 fully saturated rings. The second-order valence-electron chi connectivity index (χ2n) is 5.27. The van der Waals surface area contributed by atoms with E-state index in [0.717, 1.165) is 30.6 Å². The summed E-state index contributed by atoms with van der Waals surface area (Å²) in [6, 6.07) is 0.186. The molecule has 3 N–H and O–H groups in total. The summed E-state index contributed by atoms with van der Waals surface area (Å²) in [4.78, 5) is 17.1. The number of hydrogen-bond donors (Lipinski definition) is 2. The van der Waals surface area contributed by atoms with E-state index in [-0.39, 0.29) is 30.3 Å². The van der Waals surface area contributed by atoms with Gasteiger partial charge in [-0.25, -0.2) is 4.98 Å². The zero-order chi connectivity index (χ0) is 14.4. The van der Waals surface area contributed by atoms with Gasteiger partial charge in [0.15, 0.2) is 5.13 Å². The molecule has 7 heteroatoms. The molecule has 0 radical (unpaired) electrons. The average Bonchev–Trinajstić information content (AvgIpc) is 2.83. The van der Waals surface area contributed by atoms with Crippen molar-refractivity contribution in [3.63, 3.8) is 0 Å². The molecule has 0 saturated heterocycles. The van der Waals surface area contributed by atoms with Gasteiger partial charge in [-0.05, 0) is 12.8 Å². The number of carbonyl (C=O) groups is 1. The highest BCUT2D eigenvalue weighted by Gasteiger charge is 2.29. The standard InChI is InChI=1S/C14H23N3O2S.ClH/c1-19-13(18)11-6-4-2-3-5-7-12(11)16-8-10-9-17-14(15)20-10;/h9,11-12,16H,2-8H2,1H3,(H2,15,17);1H. The first kappa shape index (κ1) is 18.2. The summed E-state index contributed by atoms with van der Waals surface area (Å²) in [6.45, 7) is 0.715. The summed E-state index contributed by atoms with van der Waals surface area (Å²) in [6.07, 6.45) is 8.46. The highest BCUT2D eigenvalue weighted by atomic mass is 35.5. The predicted molar refractivity (Wildman–Crippen MR) is 87.6 cm³/mol. The number of nitrogen functional groups attached to an aromatic ring is 1. The molecule has 1 aromatic rings. The van der Waals surface area contributed by atoms with Crippen LogP contribution in [0.1, 0.15) is 43.4 Å². The summed E-state index contributed by atoms with van der Waals surface area (Å²) in [5, 5.41) is 4.09. The normalized spacial score (nSPS) is 22.7. The number of carbonyl (C=O) groups excluding carboxylic acids is 1. The van der Waals surface area contributed by atoms with Crippen LogP contribution in [-0.4, -0.2) is 24.1 Å². The third-order valence-corrected chi connectivity index (χ3v) is 4.71. The maximum absolute atomic E-state index is 12.0. The number of nitrogens with zero attached hydrogens (tertiary/aromatic N) is 1. The number of nitrogens with two attached hydrogens (primary N) is 1. The van der Waals surface area contributed by atoms with Crippen molar-refractivity contribution >= 4 is 34.8 Å². The number of methoxy groups -OCH3 is 1. The Morgan fingerprint density at radius 2 is 2.14 bits per heavy atom. The molecule has 2 unspecified atom stereocenters. The Bertz CT molecular complexity index is 442. The fraction of sp³-hybridized carbons (Fsp3) is 0.714. The average molecular weight is 334 g/mol. The molecule has 1 saturated carbocycles. The van der Waals surface area contributed by atoms with Crippen molar-refractivity contribution in [1.82, 2.24) is 10.3 Å². The van der Waals surface area contributed by atoms with Crippen LogP contribution in [0.3, 0.4) is 0 Å². The molecule has 2 rings (SSSR count). The van der Waals surface area contributed by atoms with Gasteiger partial charge in [0.1, 0.15) is 0 Å². The number of thiazole rings is 1. The molecule has 1 aromatic heterocycles. The van der Waals surface area contributed by atoms with Gasteiger partial charge in [-0.1, -0.05) is 25.7 Å². The first-order chi connectivity index (χ1) is 9.70. The molecule has 2 atom stereocenters. The lowest BCUT2D eigenvalue weighted by atomic mass is 9.86. The topological polar surface area (TPSA) is 77.2 Å². The summed E-state index contributed by atoms with van der Waals surface area (Å²) in [5.41, 5.74) is 5.64. The summed E-state index contributed by atoms with van der Waals surface area (Å²) in [5.74, 6) is -0.126. The van der Waals surface area contributed by atoms with Crippen molar-refractivity contribution < 1.29 is 9.53 Å². The molecule has 1 aliphatic rings. The molecule has 0 aromatic carbocycles. The maximum Gasteiger partial charge on any atom is 0.310 e. The van der Waals surface area contributed by atoms with Crippen LogP contribution in [-0.2, 0) is 16.1 Å². The van der Waals surface area contributed by atoms with E-state index >= 15 is 0 Å². The monoisotopic (exact) mass is 333 g/mol. The number of nitrogens with one attached hydrogen (secondary N) is 1. The van der Waals surface area contributed by atoms with Gasteiger partial charge in [0.25, 0.3) is 0 Å². The third kappa shape index (κ3) is 5.45. The number of anilines is 1. The van der Waals surface area contributed by atoms with Gasteiger partial charge in [-0.2, -0.15) is 0 Å². The zero-order valence-electron chi connectivity index (χ0n) is 12.3. The molecule has 0 aliphatic heterocycles. The highest BCUT2D eigenvalue weighted by Crippen LogP contribution is 2.25. The minimum absolute atomic E-state index is 0. The van der Waals surface area contributed by atoms with Crippen LogP contribution in [0.2, 0.25) is 0 Å². The Labute approximate surface area is 136 Å². The Morgan fingerprint density at radius 1 is 1.43 bits per heavy atom. The fourth-order valence-electron chi connectivity index (χ4n) is 2.80. The van der Waals surface area contributed by atoms with Gasteiger partial charge >= 0.3 is 5.97 Å². The fourth-order valence-corrected chi connectivity index (χ4v) is 3.43. The van der Waals surface area contributed by atoms with Crippen molar-refractivity contribution in [2.24, 2.45) is 5.92 Å². The zero-order valence-corrected chi connectivity index (χ0v) is 14.0. The molecule has 0 spiro atoms. The van der Waals surface area contributed by atoms with Crippen LogP contribution < -0.4 is 11.1 Å². The minimum atomic E-state index is -0.0896. The maximum atomic E-state index is 12.0. The number of hydrogen-bond acceptors (Lipinski definition) is 6. The lowest BCUT2D eigenvalue weighted by molar-refractivity contribution is -0.147. The lowest BCUT2D eigenvalue weighted by Crippen LogP contribution is -2.40. The SMILES string of the molecule is COC(=O)C1CCCCCCC1NCc1cnc(N)s1.Cl. The number of ether oxygens (including phenoxy) is 1. The molecule has 1 aliphatic carbocycles. The summed E-state index contributed by atoms with van der Waals surface area (Å²) >= 11 is 1.49. The molecule has 0 amide bonds. The van der Waals surface area contributed by atoms with E-state index in [1.165, 1.54) is 31.3 Å². The minimum Gasteiger partial charge on any atom is -0.469 e. The molecule has 0 bridgehead atoms. The molecular weight excluding hydrogens is 310 g/mol. The smallest absolute Gasteiger partial charge is 0.310 e. The molecular formula is C14H24ClN3O2S. The van der Waals surface area contributed by atoms with Crippen molar-refractivity contribution in [3.05, 3.63) is 11.1 Å². The van der Waals surface area contributed by atoms with Gasteiger partial charge < -0.3 is 15.8 Å². The quantitative estimate of drug-likeness (QED) is 0.828. The molecule has 5 nitrogen and oxygen atoms in total. The van der Waals surface area contributed by atoms with E-state index < -0.39 is 0 Å². The summed E-state index contributed by atoms with van der Waals surface area (Å²) in [7, 11) is 1.47. The van der Waals surface area contributed by atoms with Gasteiger partial charge in [-0.15, -0.1) is 23.7 Å². The second kappa shape index (κ2) is 9.23. The van der Waals surface area contributed by atoms with Gasteiger partial charge in [0.05, 0.1) is 13.0 Å². The predicted octanol–water partition coefficient (Wildman–Crippen LogP) is 2.75. The summed E-state index contributed by atoms with van der Waals surface area (Å²) < 4.78 is 4.96. The Hall–Kier alpha value is -0.850. The van der Waals surface area contributed by atoms with E-state index in [9.17, 15) is 4.79 Å². The largest absolute Gasteiger partial charge is 0.469 e. The van der Waals surface area contributed by atoms with Crippen LogP contribution in [0, 0.1) is 5.92 Å². The van der Waals surface area contributed by atoms with E-state index in [0.29, 0.717) is 11.7 Å². The van der Waals surface area contributed by atoms with Crippen molar-refractivity contribution in [1.29, 1.82) is 0 Å². The van der Waals surface area contributed by atoms with Crippen molar-refractivity contribution in [2.75, 3.05) is 12.8 Å². The molecule has 120 valence electrons. The van der Waals surface area contributed by atoms with Crippen molar-refractivity contribution in [3.8, 4) is 0 Å². The van der Waals surface area contributed by atoms with Crippen LogP contribution in [0.25, 0.3) is 0 Å². The van der Waals surface area contributed by atoms with Crippen LogP contribution in [0.5, 0.6) is 0 Å². The number of halogens is 1. The van der Waals surface area contributed by atoms with E-state index in [4.69, 9.17) is 10.5 Å². The van der Waals surface area contributed by atoms with Crippen LogP contribution in [0.4, 0.5) is 5.13 Å². The van der Waals surface area contributed by atoms with E-state index in [1.54, 1.807) is 6.20 Å². The lowest BCUT2D eigenvalue weighted by Gasteiger charge is -2.28. The first-order valence-electron chi connectivity index (χ1n) is 7.22. The molecule has 1 heterocycles. The number of rotatable bonds is 4. The first-order valence-corrected chi connectivity index (χ1v) is 8.03. The number of esters is 1. The number of aromatic nitrogens is 1. The Morgan fingerprint density at radius 3 is 2.76 bits per heavy atom. The van der Waals surface area contributed by atoms with Gasteiger partial charge in [0, 0.05) is 23.7 Å².